The molecule has 1 fully saturated rings. The van der Waals surface area contributed by atoms with Crippen LogP contribution in [0.15, 0.2) is 0 Å². The van der Waals surface area contributed by atoms with Crippen LogP contribution in [0.2, 0.25) is 0 Å². The lowest BCUT2D eigenvalue weighted by molar-refractivity contribution is -0.141. The van der Waals surface area contributed by atoms with Crippen LogP contribution in [-0.4, -0.2) is 28.0 Å². The van der Waals surface area contributed by atoms with Gasteiger partial charge in [0.1, 0.15) is 4.88 Å². The number of carbonyl (C=O) groups is 2. The van der Waals surface area contributed by atoms with Gasteiger partial charge in [-0.15, -0.1) is 11.3 Å². The van der Waals surface area contributed by atoms with Crippen LogP contribution in [0, 0.1) is 12.8 Å². The van der Waals surface area contributed by atoms with Crippen LogP contribution in [0.1, 0.15) is 65.8 Å². The van der Waals surface area contributed by atoms with E-state index in [-0.39, 0.29) is 5.91 Å². The average molecular weight is 310 g/mol. The van der Waals surface area contributed by atoms with Gasteiger partial charge < -0.3 is 10.4 Å². The number of nitrogens with zero attached hydrogens (tertiary/aromatic N) is 1. The third-order valence-corrected chi connectivity index (χ3v) is 5.54. The maximum Gasteiger partial charge on any atom is 0.308 e. The van der Waals surface area contributed by atoms with Crippen molar-refractivity contribution >= 4 is 23.2 Å². The maximum atomic E-state index is 12.3. The topological polar surface area (TPSA) is 79.3 Å². The molecule has 1 aliphatic rings. The van der Waals surface area contributed by atoms with Crippen LogP contribution >= 0.6 is 11.3 Å². The van der Waals surface area contributed by atoms with E-state index in [4.69, 9.17) is 5.11 Å². The Hall–Kier alpha value is -1.43. The second-order valence-electron chi connectivity index (χ2n) is 5.84. The summed E-state index contributed by atoms with van der Waals surface area (Å²) in [5.74, 6) is -1.24. The predicted molar refractivity (Wildman–Crippen MR) is 81.8 cm³/mol. The minimum atomic E-state index is -0.907. The molecule has 0 aliphatic heterocycles. The lowest BCUT2D eigenvalue weighted by Crippen LogP contribution is -2.39. The minimum Gasteiger partial charge on any atom is -0.481 e. The first-order valence-corrected chi connectivity index (χ1v) is 8.22. The number of amides is 1. The minimum absolute atomic E-state index is 0.213. The van der Waals surface area contributed by atoms with Crippen LogP contribution in [-0.2, 0) is 4.79 Å². The van der Waals surface area contributed by atoms with Gasteiger partial charge in [-0.05, 0) is 33.6 Å². The van der Waals surface area contributed by atoms with Gasteiger partial charge >= 0.3 is 5.97 Å². The van der Waals surface area contributed by atoms with Crippen molar-refractivity contribution in [1.82, 2.24) is 10.3 Å². The molecule has 1 saturated carbocycles. The van der Waals surface area contributed by atoms with Gasteiger partial charge in [0.2, 0.25) is 0 Å². The van der Waals surface area contributed by atoms with Crippen LogP contribution in [0.4, 0.5) is 0 Å². The summed E-state index contributed by atoms with van der Waals surface area (Å²) in [5.41, 5.74) is 0.745. The first-order valence-electron chi connectivity index (χ1n) is 7.41. The van der Waals surface area contributed by atoms with Crippen molar-refractivity contribution in [3.05, 3.63) is 15.6 Å². The van der Waals surface area contributed by atoms with Crippen molar-refractivity contribution in [3.63, 3.8) is 0 Å². The Morgan fingerprint density at radius 1 is 1.33 bits per heavy atom. The summed E-state index contributed by atoms with van der Waals surface area (Å²) in [4.78, 5) is 28.4. The van der Waals surface area contributed by atoms with E-state index in [9.17, 15) is 9.59 Å². The number of rotatable bonds is 5. The summed E-state index contributed by atoms with van der Waals surface area (Å²) >= 11 is 1.46. The highest BCUT2D eigenvalue weighted by atomic mass is 32.1. The molecule has 1 heterocycles. The summed E-state index contributed by atoms with van der Waals surface area (Å²) in [6.07, 6.45) is 4.77. The van der Waals surface area contributed by atoms with Crippen molar-refractivity contribution in [2.24, 2.45) is 5.92 Å². The second-order valence-corrected chi connectivity index (χ2v) is 6.87. The predicted octanol–water partition coefficient (Wildman–Crippen LogP) is 2.95. The number of hydrogen-bond acceptors (Lipinski definition) is 4. The first-order chi connectivity index (χ1) is 9.90. The van der Waals surface area contributed by atoms with E-state index in [1.807, 2.05) is 6.92 Å². The van der Waals surface area contributed by atoms with Gasteiger partial charge in [-0.2, -0.15) is 0 Å². The fraction of sp³-hybridized carbons (Fsp3) is 0.667. The molecule has 0 aromatic carbocycles. The Morgan fingerprint density at radius 3 is 2.52 bits per heavy atom. The lowest BCUT2D eigenvalue weighted by atomic mass is 10.0. The molecular weight excluding hydrogens is 288 g/mol. The highest BCUT2D eigenvalue weighted by Gasteiger charge is 2.26. The van der Waals surface area contributed by atoms with Gasteiger partial charge in [-0.25, -0.2) is 4.98 Å². The number of carboxylic acids is 1. The molecular formula is C15H22N2O3S. The molecule has 1 aliphatic carbocycles. The molecule has 1 amide bonds. The summed E-state index contributed by atoms with van der Waals surface area (Å²) in [6.45, 7) is 5.15. The normalized spacial score (nSPS) is 18.4. The molecule has 2 unspecified atom stereocenters. The zero-order chi connectivity index (χ0) is 15.6. The monoisotopic (exact) mass is 310 g/mol. The first kappa shape index (κ1) is 15.9. The fourth-order valence-corrected chi connectivity index (χ4v) is 3.73. The van der Waals surface area contributed by atoms with E-state index in [2.05, 4.69) is 10.3 Å². The molecule has 2 N–H and O–H groups in total. The number of aromatic nitrogens is 1. The largest absolute Gasteiger partial charge is 0.481 e. The highest BCUT2D eigenvalue weighted by molar-refractivity contribution is 7.13. The van der Waals surface area contributed by atoms with Crippen LogP contribution < -0.4 is 5.32 Å². The fourth-order valence-electron chi connectivity index (χ4n) is 2.59. The summed E-state index contributed by atoms with van der Waals surface area (Å²) in [7, 11) is 0. The van der Waals surface area contributed by atoms with Crippen molar-refractivity contribution in [3.8, 4) is 0 Å². The molecule has 0 radical (unpaired) electrons. The Bertz CT molecular complexity index is 535. The van der Waals surface area contributed by atoms with Crippen LogP contribution in [0.25, 0.3) is 0 Å². The molecule has 116 valence electrons. The molecule has 2 rings (SSSR count). The lowest BCUT2D eigenvalue weighted by Gasteiger charge is -2.17. The number of aliphatic carboxylic acids is 1. The van der Waals surface area contributed by atoms with Gasteiger partial charge in [0.15, 0.2) is 0 Å². The van der Waals surface area contributed by atoms with E-state index >= 15 is 0 Å². The van der Waals surface area contributed by atoms with E-state index in [1.54, 1.807) is 13.8 Å². The van der Waals surface area contributed by atoms with Gasteiger partial charge in [-0.3, -0.25) is 9.59 Å². The van der Waals surface area contributed by atoms with E-state index in [1.165, 1.54) is 24.2 Å². The molecule has 5 nitrogen and oxygen atoms in total. The zero-order valence-electron chi connectivity index (χ0n) is 12.7. The molecule has 6 heteroatoms. The molecule has 21 heavy (non-hydrogen) atoms. The maximum absolute atomic E-state index is 12.3. The van der Waals surface area contributed by atoms with Gasteiger partial charge in [0.25, 0.3) is 5.91 Å². The third kappa shape index (κ3) is 3.61. The number of hydrogen-bond donors (Lipinski definition) is 2. The zero-order valence-corrected chi connectivity index (χ0v) is 13.5. The molecule has 0 saturated heterocycles. The summed E-state index contributed by atoms with van der Waals surface area (Å²) < 4.78 is 0. The Balaban J connectivity index is 2.07. The van der Waals surface area contributed by atoms with Crippen LogP contribution in [0.5, 0.6) is 0 Å². The third-order valence-electron chi connectivity index (χ3n) is 4.22. The van der Waals surface area contributed by atoms with Gasteiger partial charge in [0, 0.05) is 12.0 Å². The number of carboxylic acid groups (broad SMARTS) is 1. The Labute approximate surface area is 128 Å². The Kier molecular flexibility index (Phi) is 4.98. The molecule has 1 aromatic rings. The van der Waals surface area contributed by atoms with Gasteiger partial charge in [0.05, 0.1) is 16.6 Å². The summed E-state index contributed by atoms with van der Waals surface area (Å²) in [6, 6.07) is -0.411. The van der Waals surface area contributed by atoms with Crippen molar-refractivity contribution in [2.45, 2.75) is 58.4 Å². The quantitative estimate of drug-likeness (QED) is 0.876. The van der Waals surface area contributed by atoms with Crippen molar-refractivity contribution < 1.29 is 14.7 Å². The number of nitrogens with one attached hydrogen (secondary N) is 1. The van der Waals surface area contributed by atoms with Crippen molar-refractivity contribution in [1.29, 1.82) is 0 Å². The average Bonchev–Trinajstić information content (AvgIpc) is 3.06. The smallest absolute Gasteiger partial charge is 0.308 e. The molecule has 0 bridgehead atoms. The van der Waals surface area contributed by atoms with E-state index in [0.717, 1.165) is 23.5 Å². The summed E-state index contributed by atoms with van der Waals surface area (Å²) in [5, 5.41) is 12.8. The van der Waals surface area contributed by atoms with Crippen LogP contribution in [0.3, 0.4) is 0 Å². The Morgan fingerprint density at radius 2 is 1.95 bits per heavy atom. The highest BCUT2D eigenvalue weighted by Crippen LogP contribution is 2.37. The molecule has 0 spiro atoms. The SMILES string of the molecule is Cc1nc(C2CCCC2)sc1C(=O)NC(C)C(C)C(=O)O. The van der Waals surface area contributed by atoms with E-state index < -0.39 is 17.9 Å². The molecule has 1 aromatic heterocycles. The van der Waals surface area contributed by atoms with Gasteiger partial charge in [-0.1, -0.05) is 12.8 Å². The second kappa shape index (κ2) is 6.56. The van der Waals surface area contributed by atoms with E-state index in [0.29, 0.717) is 10.8 Å². The van der Waals surface area contributed by atoms with Crippen molar-refractivity contribution in [2.75, 3.05) is 0 Å². The number of aryl methyl sites for hydroxylation is 1. The standard InChI is InChI=1S/C15H22N2O3S/c1-8(15(19)20)9(2)16-13(18)12-10(3)17-14(21-12)11-6-4-5-7-11/h8-9,11H,4-7H2,1-3H3,(H,16,18)(H,19,20). The number of carbonyl (C=O) groups excluding carboxylic acids is 1. The number of thiazole rings is 1. The molecule has 2 atom stereocenters.